The number of carbonyl (C=O) groups excluding carboxylic acids is 1. The molecule has 0 radical (unpaired) electrons. The molecule has 0 aliphatic carbocycles. The van der Waals surface area contributed by atoms with E-state index < -0.39 is 0 Å². The molecule has 0 aromatic heterocycles. The summed E-state index contributed by atoms with van der Waals surface area (Å²) in [5.74, 6) is -0.100. The molecule has 0 saturated heterocycles. The van der Waals surface area contributed by atoms with E-state index in [1.54, 1.807) is 12.1 Å². The Balaban J connectivity index is 1.58. The van der Waals surface area contributed by atoms with Crippen molar-refractivity contribution in [1.82, 2.24) is 0 Å². The van der Waals surface area contributed by atoms with Gasteiger partial charge in [-0.3, -0.25) is 4.79 Å². The highest BCUT2D eigenvalue weighted by atomic mass is 16.5. The maximum Gasteiger partial charge on any atom is 0.255 e. The first-order chi connectivity index (χ1) is 12.2. The van der Waals surface area contributed by atoms with Crippen LogP contribution in [-0.4, -0.2) is 5.91 Å². The summed E-state index contributed by atoms with van der Waals surface area (Å²) in [6.07, 6.45) is 0. The molecule has 0 unspecified atom stereocenters. The van der Waals surface area contributed by atoms with Gasteiger partial charge in [0.05, 0.1) is 13.2 Å². The van der Waals surface area contributed by atoms with E-state index in [1.807, 2.05) is 73.7 Å². The zero-order valence-electron chi connectivity index (χ0n) is 14.2. The van der Waals surface area contributed by atoms with Gasteiger partial charge >= 0.3 is 0 Å². The van der Waals surface area contributed by atoms with Crippen LogP contribution in [0.25, 0.3) is 0 Å². The molecular formula is C22H21NO2. The lowest BCUT2D eigenvalue weighted by atomic mass is 10.1. The van der Waals surface area contributed by atoms with Crippen molar-refractivity contribution in [2.24, 2.45) is 0 Å². The van der Waals surface area contributed by atoms with Crippen molar-refractivity contribution in [2.45, 2.75) is 20.1 Å². The molecule has 3 aromatic carbocycles. The molecule has 0 aliphatic rings. The van der Waals surface area contributed by atoms with Crippen LogP contribution < -0.4 is 5.32 Å². The lowest BCUT2D eigenvalue weighted by Crippen LogP contribution is -2.12. The van der Waals surface area contributed by atoms with Crippen molar-refractivity contribution in [3.63, 3.8) is 0 Å². The molecule has 25 heavy (non-hydrogen) atoms. The fourth-order valence-corrected chi connectivity index (χ4v) is 2.60. The average Bonchev–Trinajstić information content (AvgIpc) is 2.65. The Bertz CT molecular complexity index is 829. The Morgan fingerprint density at radius 3 is 2.16 bits per heavy atom. The minimum Gasteiger partial charge on any atom is -0.372 e. The zero-order valence-corrected chi connectivity index (χ0v) is 14.2. The quantitative estimate of drug-likeness (QED) is 0.693. The second-order valence-corrected chi connectivity index (χ2v) is 5.95. The Hall–Kier alpha value is -2.91. The van der Waals surface area contributed by atoms with Crippen LogP contribution in [-0.2, 0) is 18.0 Å². The third kappa shape index (κ3) is 4.78. The summed E-state index contributed by atoms with van der Waals surface area (Å²) >= 11 is 0. The summed E-state index contributed by atoms with van der Waals surface area (Å²) in [4.78, 5) is 12.2. The third-order valence-corrected chi connectivity index (χ3v) is 3.96. The number of amides is 1. The maximum absolute atomic E-state index is 12.2. The van der Waals surface area contributed by atoms with Crippen molar-refractivity contribution in [2.75, 3.05) is 5.32 Å². The van der Waals surface area contributed by atoms with E-state index in [4.69, 9.17) is 4.74 Å². The van der Waals surface area contributed by atoms with Crippen LogP contribution in [0.1, 0.15) is 27.0 Å². The normalized spacial score (nSPS) is 10.4. The predicted octanol–water partition coefficient (Wildman–Crippen LogP) is 4.96. The van der Waals surface area contributed by atoms with Gasteiger partial charge < -0.3 is 10.1 Å². The number of anilines is 1. The van der Waals surface area contributed by atoms with Gasteiger partial charge in [-0.1, -0.05) is 60.7 Å². The summed E-state index contributed by atoms with van der Waals surface area (Å²) < 4.78 is 5.76. The van der Waals surface area contributed by atoms with Crippen LogP contribution in [0.2, 0.25) is 0 Å². The van der Waals surface area contributed by atoms with E-state index in [0.29, 0.717) is 18.8 Å². The first-order valence-corrected chi connectivity index (χ1v) is 8.30. The number of ether oxygens (including phenoxy) is 1. The van der Waals surface area contributed by atoms with E-state index in [0.717, 1.165) is 22.4 Å². The van der Waals surface area contributed by atoms with Gasteiger partial charge in [0.25, 0.3) is 5.91 Å². The van der Waals surface area contributed by atoms with Gasteiger partial charge in [0.15, 0.2) is 0 Å². The predicted molar refractivity (Wildman–Crippen MR) is 101 cm³/mol. The standard InChI is InChI=1S/C22H21NO2/c1-17-14-19(16-25-15-18-8-4-2-5-9-18)12-13-21(17)23-22(24)20-10-6-3-7-11-20/h2-14H,15-16H2,1H3,(H,23,24). The van der Waals surface area contributed by atoms with E-state index in [-0.39, 0.29) is 5.91 Å². The van der Waals surface area contributed by atoms with Crippen molar-refractivity contribution in [3.05, 3.63) is 101 Å². The topological polar surface area (TPSA) is 38.3 Å². The number of hydrogen-bond donors (Lipinski definition) is 1. The summed E-state index contributed by atoms with van der Waals surface area (Å²) in [6, 6.07) is 25.3. The molecule has 1 amide bonds. The first kappa shape index (κ1) is 16.9. The molecule has 3 nitrogen and oxygen atoms in total. The molecule has 0 fully saturated rings. The van der Waals surface area contributed by atoms with Gasteiger partial charge in [0.2, 0.25) is 0 Å². The molecule has 0 saturated carbocycles. The zero-order chi connectivity index (χ0) is 17.5. The van der Waals surface area contributed by atoms with Crippen LogP contribution in [0.15, 0.2) is 78.9 Å². The molecule has 0 spiro atoms. The summed E-state index contributed by atoms with van der Waals surface area (Å²) in [5.41, 5.74) is 4.74. The maximum atomic E-state index is 12.2. The summed E-state index contributed by atoms with van der Waals surface area (Å²) in [6.45, 7) is 3.12. The molecule has 3 heteroatoms. The minimum atomic E-state index is -0.100. The fraction of sp³-hybridized carbons (Fsp3) is 0.136. The van der Waals surface area contributed by atoms with Gasteiger partial charge in [-0.15, -0.1) is 0 Å². The van der Waals surface area contributed by atoms with Gasteiger partial charge in [-0.05, 0) is 41.8 Å². The number of nitrogens with one attached hydrogen (secondary N) is 1. The van der Waals surface area contributed by atoms with E-state index in [1.165, 1.54) is 0 Å². The Labute approximate surface area is 148 Å². The number of aryl methyl sites for hydroxylation is 1. The van der Waals surface area contributed by atoms with Crippen LogP contribution >= 0.6 is 0 Å². The molecule has 0 atom stereocenters. The highest BCUT2D eigenvalue weighted by Crippen LogP contribution is 2.18. The van der Waals surface area contributed by atoms with Crippen molar-refractivity contribution in [3.8, 4) is 0 Å². The van der Waals surface area contributed by atoms with Crippen LogP contribution in [0.4, 0.5) is 5.69 Å². The second kappa shape index (κ2) is 8.27. The SMILES string of the molecule is Cc1cc(COCc2ccccc2)ccc1NC(=O)c1ccccc1. The van der Waals surface area contributed by atoms with Crippen molar-refractivity contribution in [1.29, 1.82) is 0 Å². The summed E-state index contributed by atoms with van der Waals surface area (Å²) in [7, 11) is 0. The van der Waals surface area contributed by atoms with Crippen LogP contribution in [0.5, 0.6) is 0 Å². The lowest BCUT2D eigenvalue weighted by molar-refractivity contribution is 0.102. The third-order valence-electron chi connectivity index (χ3n) is 3.96. The van der Waals surface area contributed by atoms with Gasteiger partial charge in [0.1, 0.15) is 0 Å². The first-order valence-electron chi connectivity index (χ1n) is 8.30. The van der Waals surface area contributed by atoms with Crippen molar-refractivity contribution < 1.29 is 9.53 Å². The van der Waals surface area contributed by atoms with Crippen LogP contribution in [0.3, 0.4) is 0 Å². The number of benzene rings is 3. The van der Waals surface area contributed by atoms with Crippen LogP contribution in [0, 0.1) is 6.92 Å². The van der Waals surface area contributed by atoms with Gasteiger partial charge in [0, 0.05) is 11.3 Å². The number of hydrogen-bond acceptors (Lipinski definition) is 2. The summed E-state index contributed by atoms with van der Waals surface area (Å²) in [5, 5.41) is 2.96. The van der Waals surface area contributed by atoms with Crippen molar-refractivity contribution >= 4 is 11.6 Å². The van der Waals surface area contributed by atoms with E-state index >= 15 is 0 Å². The minimum absolute atomic E-state index is 0.100. The van der Waals surface area contributed by atoms with Gasteiger partial charge in [-0.25, -0.2) is 0 Å². The molecule has 3 aromatic rings. The smallest absolute Gasteiger partial charge is 0.255 e. The molecule has 3 rings (SSSR count). The molecule has 0 aliphatic heterocycles. The molecule has 1 N–H and O–H groups in total. The van der Waals surface area contributed by atoms with Gasteiger partial charge in [-0.2, -0.15) is 0 Å². The lowest BCUT2D eigenvalue weighted by Gasteiger charge is -2.11. The van der Waals surface area contributed by atoms with E-state index in [2.05, 4.69) is 5.32 Å². The molecule has 0 bridgehead atoms. The Kier molecular flexibility index (Phi) is 5.60. The Morgan fingerprint density at radius 1 is 0.840 bits per heavy atom. The average molecular weight is 331 g/mol. The molecule has 0 heterocycles. The molecular weight excluding hydrogens is 310 g/mol. The number of carbonyl (C=O) groups is 1. The molecule has 126 valence electrons. The monoisotopic (exact) mass is 331 g/mol. The fourth-order valence-electron chi connectivity index (χ4n) is 2.60. The Morgan fingerprint density at radius 2 is 1.48 bits per heavy atom. The second-order valence-electron chi connectivity index (χ2n) is 5.95. The van der Waals surface area contributed by atoms with E-state index in [9.17, 15) is 4.79 Å². The number of rotatable bonds is 6. The highest BCUT2D eigenvalue weighted by molar-refractivity contribution is 6.04. The highest BCUT2D eigenvalue weighted by Gasteiger charge is 2.07. The largest absolute Gasteiger partial charge is 0.372 e.